The van der Waals surface area contributed by atoms with E-state index in [0.717, 1.165) is 12.0 Å². The zero-order chi connectivity index (χ0) is 34.1. The Bertz CT molecular complexity index is 1750. The van der Waals surface area contributed by atoms with Gasteiger partial charge in [-0.25, -0.2) is 22.5 Å². The van der Waals surface area contributed by atoms with Gasteiger partial charge in [-0.3, -0.25) is 9.59 Å². The van der Waals surface area contributed by atoms with Crippen LogP contribution in [0.1, 0.15) is 63.4 Å². The molecular formula is C35H43FN4O6S. The van der Waals surface area contributed by atoms with Gasteiger partial charge in [-0.1, -0.05) is 32.9 Å². The standard InChI is InChI=1S/C35H43FN4O6S/c1-22(2)21-46-28-18-25(17-26(36)19-28)30-12-11-29(32(37-30)40-16-13-23(3)35(40,4)5)33(41)38-47(43,44)31-14-15-39(34(31)42)20-24-7-9-27(45-6)10-8-24/h7-12,17-19,22-23,31H,13-16,20-21H2,1-6H3,(H,38,41). The first-order valence-electron chi connectivity index (χ1n) is 15.9. The Kier molecular flexibility index (Phi) is 9.81. The topological polar surface area (TPSA) is 118 Å². The number of carbonyl (C=O) groups is 2. The number of methoxy groups -OCH3 is 1. The third kappa shape index (κ3) is 7.37. The number of nitrogens with one attached hydrogen (secondary N) is 1. The van der Waals surface area contributed by atoms with Gasteiger partial charge in [0.05, 0.1) is 25.0 Å². The minimum absolute atomic E-state index is 0.0488. The summed E-state index contributed by atoms with van der Waals surface area (Å²) in [5.41, 5.74) is 1.34. The van der Waals surface area contributed by atoms with Crippen molar-refractivity contribution in [3.63, 3.8) is 0 Å². The van der Waals surface area contributed by atoms with Crippen LogP contribution >= 0.6 is 0 Å². The van der Waals surface area contributed by atoms with Crippen LogP contribution in [0, 0.1) is 17.7 Å². The molecule has 2 aliphatic heterocycles. The first-order chi connectivity index (χ1) is 22.2. The van der Waals surface area contributed by atoms with E-state index in [2.05, 4.69) is 11.6 Å². The maximum absolute atomic E-state index is 14.7. The monoisotopic (exact) mass is 666 g/mol. The smallest absolute Gasteiger partial charge is 0.268 e. The zero-order valence-corrected chi connectivity index (χ0v) is 28.6. The Hall–Kier alpha value is -4.19. The normalized spacial score (nSPS) is 19.4. The lowest BCUT2D eigenvalue weighted by Gasteiger charge is -2.36. The average molecular weight is 667 g/mol. The Morgan fingerprint density at radius 3 is 2.43 bits per heavy atom. The third-order valence-electron chi connectivity index (χ3n) is 9.20. The summed E-state index contributed by atoms with van der Waals surface area (Å²) in [5, 5.41) is -1.40. The summed E-state index contributed by atoms with van der Waals surface area (Å²) >= 11 is 0. The number of pyridine rings is 1. The Morgan fingerprint density at radius 2 is 1.79 bits per heavy atom. The molecule has 0 radical (unpaired) electrons. The van der Waals surface area contributed by atoms with Crippen molar-refractivity contribution in [1.29, 1.82) is 0 Å². The molecule has 0 bridgehead atoms. The van der Waals surface area contributed by atoms with Crippen LogP contribution in [-0.4, -0.2) is 67.7 Å². The quantitative estimate of drug-likeness (QED) is 0.289. The van der Waals surface area contributed by atoms with Crippen LogP contribution in [0.5, 0.6) is 11.5 Å². The van der Waals surface area contributed by atoms with Gasteiger partial charge in [0.2, 0.25) is 15.9 Å². The highest BCUT2D eigenvalue weighted by Crippen LogP contribution is 2.40. The van der Waals surface area contributed by atoms with E-state index in [4.69, 9.17) is 14.5 Å². The lowest BCUT2D eigenvalue weighted by atomic mass is 9.90. The first-order valence-corrected chi connectivity index (χ1v) is 17.4. The number of sulfonamides is 1. The molecule has 12 heteroatoms. The minimum atomic E-state index is -4.38. The second-order valence-electron chi connectivity index (χ2n) is 13.3. The number of ether oxygens (including phenoxy) is 2. The second-order valence-corrected chi connectivity index (χ2v) is 15.2. The zero-order valence-electron chi connectivity index (χ0n) is 27.7. The van der Waals surface area contributed by atoms with Crippen molar-refractivity contribution in [2.75, 3.05) is 31.7 Å². The van der Waals surface area contributed by atoms with Gasteiger partial charge in [-0.05, 0) is 80.5 Å². The molecule has 2 saturated heterocycles. The summed E-state index contributed by atoms with van der Waals surface area (Å²) in [4.78, 5) is 35.3. The van der Waals surface area contributed by atoms with E-state index >= 15 is 0 Å². The number of carbonyl (C=O) groups excluding carboxylic acids is 2. The summed E-state index contributed by atoms with van der Waals surface area (Å²) in [6, 6.07) is 14.6. The Labute approximate surface area is 276 Å². The van der Waals surface area contributed by atoms with Gasteiger partial charge in [-0.2, -0.15) is 0 Å². The number of rotatable bonds is 11. The van der Waals surface area contributed by atoms with E-state index in [9.17, 15) is 22.4 Å². The maximum atomic E-state index is 14.7. The van der Waals surface area contributed by atoms with Gasteiger partial charge >= 0.3 is 0 Å². The van der Waals surface area contributed by atoms with Gasteiger partial charge in [-0.15, -0.1) is 0 Å². The first kappa shape index (κ1) is 34.2. The summed E-state index contributed by atoms with van der Waals surface area (Å²) in [5.74, 6) is -0.104. The van der Waals surface area contributed by atoms with E-state index in [0.29, 0.717) is 35.9 Å². The maximum Gasteiger partial charge on any atom is 0.268 e. The fraction of sp³-hybridized carbons (Fsp3) is 0.457. The molecule has 10 nitrogen and oxygen atoms in total. The van der Waals surface area contributed by atoms with Crippen LogP contribution in [0.2, 0.25) is 0 Å². The lowest BCUT2D eigenvalue weighted by molar-refractivity contribution is -0.127. The van der Waals surface area contributed by atoms with Crippen molar-refractivity contribution in [1.82, 2.24) is 14.6 Å². The van der Waals surface area contributed by atoms with Crippen LogP contribution in [0.15, 0.2) is 54.6 Å². The Balaban J connectivity index is 1.42. The number of amides is 2. The number of aromatic nitrogens is 1. The highest BCUT2D eigenvalue weighted by molar-refractivity contribution is 7.91. The molecule has 1 aromatic heterocycles. The fourth-order valence-electron chi connectivity index (χ4n) is 6.02. The number of hydrogen-bond acceptors (Lipinski definition) is 8. The fourth-order valence-corrected chi connectivity index (χ4v) is 7.36. The van der Waals surface area contributed by atoms with Gasteiger partial charge in [0.25, 0.3) is 5.91 Å². The third-order valence-corrected chi connectivity index (χ3v) is 10.9. The molecule has 2 atom stereocenters. The Morgan fingerprint density at radius 1 is 1.06 bits per heavy atom. The molecule has 2 aromatic carbocycles. The highest BCUT2D eigenvalue weighted by atomic mass is 32.2. The van der Waals surface area contributed by atoms with Crippen molar-refractivity contribution in [2.24, 2.45) is 11.8 Å². The number of halogens is 1. The van der Waals surface area contributed by atoms with E-state index in [1.807, 2.05) is 44.7 Å². The summed E-state index contributed by atoms with van der Waals surface area (Å²) in [6.07, 6.45) is 0.894. The molecule has 2 fully saturated rings. The van der Waals surface area contributed by atoms with Crippen molar-refractivity contribution in [2.45, 2.75) is 64.8 Å². The van der Waals surface area contributed by atoms with Gasteiger partial charge in [0, 0.05) is 36.8 Å². The molecule has 2 amide bonds. The van der Waals surface area contributed by atoms with Crippen LogP contribution < -0.4 is 19.1 Å². The van der Waals surface area contributed by atoms with Gasteiger partial charge < -0.3 is 19.3 Å². The molecule has 3 aromatic rings. The molecule has 3 heterocycles. The predicted molar refractivity (Wildman–Crippen MR) is 178 cm³/mol. The van der Waals surface area contributed by atoms with E-state index in [1.165, 1.54) is 23.1 Å². The van der Waals surface area contributed by atoms with Gasteiger partial charge in [0.1, 0.15) is 23.1 Å². The van der Waals surface area contributed by atoms with Crippen molar-refractivity contribution in [3.8, 4) is 22.8 Å². The summed E-state index contributed by atoms with van der Waals surface area (Å²) in [6.45, 7) is 11.7. The molecule has 0 saturated carbocycles. The van der Waals surface area contributed by atoms with Crippen LogP contribution in [0.3, 0.4) is 0 Å². The number of anilines is 1. The highest BCUT2D eigenvalue weighted by Gasteiger charge is 2.44. The van der Waals surface area contributed by atoms with Crippen molar-refractivity contribution < 1.29 is 31.9 Å². The van der Waals surface area contributed by atoms with Gasteiger partial charge in [0.15, 0.2) is 5.25 Å². The molecule has 252 valence electrons. The molecule has 0 spiro atoms. The number of hydrogen-bond donors (Lipinski definition) is 1. The largest absolute Gasteiger partial charge is 0.497 e. The van der Waals surface area contributed by atoms with E-state index in [1.54, 1.807) is 31.4 Å². The van der Waals surface area contributed by atoms with Crippen molar-refractivity contribution >= 4 is 27.7 Å². The molecule has 2 unspecified atom stereocenters. The van der Waals surface area contributed by atoms with Crippen LogP contribution in [0.25, 0.3) is 11.3 Å². The predicted octanol–water partition coefficient (Wildman–Crippen LogP) is 5.42. The summed E-state index contributed by atoms with van der Waals surface area (Å²) in [7, 11) is -2.82. The van der Waals surface area contributed by atoms with Crippen LogP contribution in [-0.2, 0) is 21.4 Å². The number of nitrogens with zero attached hydrogens (tertiary/aromatic N) is 3. The molecule has 5 rings (SSSR count). The SMILES string of the molecule is COc1ccc(CN2CCC(S(=O)(=O)NC(=O)c3ccc(-c4cc(F)cc(OCC(C)C)c4)nc3N3CCC(C)C3(C)C)C2=O)cc1. The average Bonchev–Trinajstić information content (AvgIpc) is 3.52. The molecule has 0 aliphatic carbocycles. The summed E-state index contributed by atoms with van der Waals surface area (Å²) < 4.78 is 54.8. The number of likely N-dealkylation sites (tertiary alicyclic amines) is 1. The lowest BCUT2D eigenvalue weighted by Crippen LogP contribution is -2.45. The molecular weight excluding hydrogens is 623 g/mol. The number of benzene rings is 2. The minimum Gasteiger partial charge on any atom is -0.497 e. The van der Waals surface area contributed by atoms with E-state index < -0.39 is 38.4 Å². The second kappa shape index (κ2) is 13.5. The molecule has 2 aliphatic rings. The molecule has 1 N–H and O–H groups in total. The van der Waals surface area contributed by atoms with Crippen molar-refractivity contribution in [3.05, 3.63) is 71.5 Å². The molecule has 47 heavy (non-hydrogen) atoms. The van der Waals surface area contributed by atoms with E-state index in [-0.39, 0.29) is 42.7 Å². The van der Waals surface area contributed by atoms with Crippen LogP contribution in [0.4, 0.5) is 10.2 Å².